The number of amides is 2. The minimum absolute atomic E-state index is 0.0128. The molecule has 0 radical (unpaired) electrons. The summed E-state index contributed by atoms with van der Waals surface area (Å²) in [6.07, 6.45) is 1.08. The number of hydrogen-bond acceptors (Lipinski definition) is 5. The van der Waals surface area contributed by atoms with E-state index in [2.05, 4.69) is 15.4 Å². The second-order valence-electron chi connectivity index (χ2n) is 5.83. The molecule has 1 atom stereocenters. The number of benzene rings is 1. The molecule has 1 aromatic carbocycles. The summed E-state index contributed by atoms with van der Waals surface area (Å²) in [6, 6.07) is 6.04. The number of nitrogens with one attached hydrogen (secondary N) is 3. The Morgan fingerprint density at radius 2 is 1.75 bits per heavy atom. The van der Waals surface area contributed by atoms with Crippen LogP contribution in [0.15, 0.2) is 24.3 Å². The van der Waals surface area contributed by atoms with Gasteiger partial charge in [-0.1, -0.05) is 26.0 Å². The zero-order chi connectivity index (χ0) is 18.3. The molecular weight excluding hydrogens is 332 g/mol. The van der Waals surface area contributed by atoms with E-state index < -0.39 is 16.1 Å². The number of anilines is 1. The molecule has 134 valence electrons. The van der Waals surface area contributed by atoms with Crippen LogP contribution in [0.4, 0.5) is 5.69 Å². The second-order valence-corrected chi connectivity index (χ2v) is 7.66. The third-order valence-corrected chi connectivity index (χ3v) is 3.89. The quantitative estimate of drug-likeness (QED) is 0.511. The Kier molecular flexibility index (Phi) is 7.33. The normalized spacial score (nSPS) is 12.7. The van der Waals surface area contributed by atoms with Gasteiger partial charge < -0.3 is 16.4 Å². The molecule has 8 nitrogen and oxygen atoms in total. The Bertz CT molecular complexity index is 671. The smallest absolute Gasteiger partial charge is 0.243 e. The van der Waals surface area contributed by atoms with E-state index in [9.17, 15) is 18.0 Å². The molecule has 0 bridgehead atoms. The summed E-state index contributed by atoms with van der Waals surface area (Å²) in [5, 5.41) is 5.11. The molecule has 9 heteroatoms. The molecule has 5 N–H and O–H groups in total. The van der Waals surface area contributed by atoms with E-state index in [1.807, 2.05) is 13.8 Å². The third-order valence-electron chi connectivity index (χ3n) is 3.22. The largest absolute Gasteiger partial charge is 0.346 e. The van der Waals surface area contributed by atoms with Gasteiger partial charge in [-0.05, 0) is 23.6 Å². The lowest BCUT2D eigenvalue weighted by Crippen LogP contribution is -2.46. The van der Waals surface area contributed by atoms with Gasteiger partial charge in [0.1, 0.15) is 0 Å². The lowest BCUT2D eigenvalue weighted by Gasteiger charge is -2.15. The van der Waals surface area contributed by atoms with E-state index in [0.29, 0.717) is 5.69 Å². The molecule has 1 aromatic rings. The fraction of sp³-hybridized carbons (Fsp3) is 0.467. The predicted octanol–water partition coefficient (Wildman–Crippen LogP) is -0.226. The summed E-state index contributed by atoms with van der Waals surface area (Å²) in [6.45, 7) is 3.65. The Morgan fingerprint density at radius 1 is 1.17 bits per heavy atom. The summed E-state index contributed by atoms with van der Waals surface area (Å²) in [5.41, 5.74) is 6.99. The van der Waals surface area contributed by atoms with Crippen LogP contribution in [-0.4, -0.2) is 39.1 Å². The van der Waals surface area contributed by atoms with Crippen LogP contribution in [0, 0.1) is 5.92 Å². The first-order valence-electron chi connectivity index (χ1n) is 7.45. The number of nitrogens with two attached hydrogens (primary N) is 1. The molecule has 0 unspecified atom stereocenters. The van der Waals surface area contributed by atoms with Crippen molar-refractivity contribution in [3.05, 3.63) is 29.8 Å². The molecular formula is C15H24N4O4S. The van der Waals surface area contributed by atoms with E-state index in [4.69, 9.17) is 5.73 Å². The molecule has 0 aliphatic rings. The SMILES string of the molecule is CC(C)[C@H](N)C(=O)NCC(=O)Nc1ccc(CNS(C)(=O)=O)cc1. The van der Waals surface area contributed by atoms with Crippen LogP contribution in [-0.2, 0) is 26.2 Å². The van der Waals surface area contributed by atoms with Crippen LogP contribution in [0.5, 0.6) is 0 Å². The van der Waals surface area contributed by atoms with Crippen molar-refractivity contribution in [3.63, 3.8) is 0 Å². The Hall–Kier alpha value is -1.97. The molecule has 0 aliphatic carbocycles. The van der Waals surface area contributed by atoms with Gasteiger partial charge in [-0.3, -0.25) is 9.59 Å². The van der Waals surface area contributed by atoms with E-state index in [-0.39, 0.29) is 30.8 Å². The first-order chi connectivity index (χ1) is 11.1. The maximum Gasteiger partial charge on any atom is 0.243 e. The molecule has 0 aromatic heterocycles. The van der Waals surface area contributed by atoms with Crippen LogP contribution >= 0.6 is 0 Å². The van der Waals surface area contributed by atoms with Crippen molar-refractivity contribution in [3.8, 4) is 0 Å². The zero-order valence-electron chi connectivity index (χ0n) is 14.0. The summed E-state index contributed by atoms with van der Waals surface area (Å²) >= 11 is 0. The standard InChI is InChI=1S/C15H24N4O4S/c1-10(2)14(16)15(21)17-9-13(20)19-12-6-4-11(5-7-12)8-18-24(3,22)23/h4-7,10,14,18H,8-9,16H2,1-3H3,(H,17,21)(H,19,20)/t14-/m0/s1. The topological polar surface area (TPSA) is 130 Å². The lowest BCUT2D eigenvalue weighted by molar-refractivity contribution is -0.125. The molecule has 1 rings (SSSR count). The lowest BCUT2D eigenvalue weighted by atomic mass is 10.1. The van der Waals surface area contributed by atoms with Crippen molar-refractivity contribution in [1.82, 2.24) is 10.0 Å². The van der Waals surface area contributed by atoms with E-state index in [0.717, 1.165) is 11.8 Å². The maximum atomic E-state index is 11.8. The van der Waals surface area contributed by atoms with Gasteiger partial charge >= 0.3 is 0 Å². The summed E-state index contributed by atoms with van der Waals surface area (Å²) in [4.78, 5) is 23.5. The Labute approximate surface area is 142 Å². The first kappa shape index (κ1) is 20.1. The number of sulfonamides is 1. The number of hydrogen-bond donors (Lipinski definition) is 4. The highest BCUT2D eigenvalue weighted by atomic mass is 32.2. The fourth-order valence-electron chi connectivity index (χ4n) is 1.71. The highest BCUT2D eigenvalue weighted by molar-refractivity contribution is 7.88. The predicted molar refractivity (Wildman–Crippen MR) is 92.6 cm³/mol. The Balaban J connectivity index is 2.46. The number of rotatable bonds is 8. The number of carbonyl (C=O) groups is 2. The monoisotopic (exact) mass is 356 g/mol. The molecule has 0 aliphatic heterocycles. The van der Waals surface area contributed by atoms with Crippen molar-refractivity contribution < 1.29 is 18.0 Å². The van der Waals surface area contributed by atoms with Gasteiger partial charge in [0.15, 0.2) is 0 Å². The minimum atomic E-state index is -3.25. The highest BCUT2D eigenvalue weighted by Crippen LogP contribution is 2.09. The van der Waals surface area contributed by atoms with Crippen LogP contribution in [0.2, 0.25) is 0 Å². The van der Waals surface area contributed by atoms with Gasteiger partial charge in [-0.2, -0.15) is 0 Å². The second kappa shape index (κ2) is 8.76. The average molecular weight is 356 g/mol. The summed E-state index contributed by atoms with van der Waals surface area (Å²) in [7, 11) is -3.25. The van der Waals surface area contributed by atoms with Crippen molar-refractivity contribution in [2.75, 3.05) is 18.1 Å². The van der Waals surface area contributed by atoms with Gasteiger partial charge in [0.2, 0.25) is 21.8 Å². The van der Waals surface area contributed by atoms with Gasteiger partial charge in [0.25, 0.3) is 0 Å². The summed E-state index contributed by atoms with van der Waals surface area (Å²) < 4.78 is 24.4. The van der Waals surface area contributed by atoms with Crippen LogP contribution in [0.3, 0.4) is 0 Å². The van der Waals surface area contributed by atoms with Gasteiger partial charge in [0, 0.05) is 12.2 Å². The molecule has 24 heavy (non-hydrogen) atoms. The third kappa shape index (κ3) is 7.53. The molecule has 0 saturated heterocycles. The Morgan fingerprint density at radius 3 is 2.25 bits per heavy atom. The van der Waals surface area contributed by atoms with E-state index in [1.54, 1.807) is 24.3 Å². The zero-order valence-corrected chi connectivity index (χ0v) is 14.8. The molecule has 0 fully saturated rings. The number of carbonyl (C=O) groups excluding carboxylic acids is 2. The van der Waals surface area contributed by atoms with Crippen LogP contribution < -0.4 is 21.1 Å². The molecule has 0 spiro atoms. The fourth-order valence-corrected chi connectivity index (χ4v) is 2.14. The highest BCUT2D eigenvalue weighted by Gasteiger charge is 2.17. The average Bonchev–Trinajstić information content (AvgIpc) is 2.50. The molecule has 0 saturated carbocycles. The van der Waals surface area contributed by atoms with Crippen molar-refractivity contribution >= 4 is 27.5 Å². The van der Waals surface area contributed by atoms with Crippen molar-refractivity contribution in [2.45, 2.75) is 26.4 Å². The van der Waals surface area contributed by atoms with Gasteiger partial charge in [-0.15, -0.1) is 0 Å². The van der Waals surface area contributed by atoms with Crippen molar-refractivity contribution in [1.29, 1.82) is 0 Å². The van der Waals surface area contributed by atoms with Gasteiger partial charge in [-0.25, -0.2) is 13.1 Å². The van der Waals surface area contributed by atoms with Crippen LogP contribution in [0.25, 0.3) is 0 Å². The van der Waals surface area contributed by atoms with E-state index >= 15 is 0 Å². The van der Waals surface area contributed by atoms with Crippen molar-refractivity contribution in [2.24, 2.45) is 11.7 Å². The van der Waals surface area contributed by atoms with Gasteiger partial charge in [0.05, 0.1) is 18.8 Å². The first-order valence-corrected chi connectivity index (χ1v) is 9.34. The molecule has 0 heterocycles. The maximum absolute atomic E-state index is 11.8. The van der Waals surface area contributed by atoms with Crippen LogP contribution in [0.1, 0.15) is 19.4 Å². The minimum Gasteiger partial charge on any atom is -0.346 e. The summed E-state index contributed by atoms with van der Waals surface area (Å²) in [5.74, 6) is -0.759. The van der Waals surface area contributed by atoms with E-state index in [1.165, 1.54) is 0 Å². The molecule has 2 amide bonds.